The first-order valence-electron chi connectivity index (χ1n) is 11.5. The summed E-state index contributed by atoms with van der Waals surface area (Å²) in [6.07, 6.45) is 6.95. The molecule has 1 atom stereocenters. The molecule has 1 aromatic heterocycles. The van der Waals surface area contributed by atoms with Crippen LogP contribution in [0.4, 0.5) is 0 Å². The summed E-state index contributed by atoms with van der Waals surface area (Å²) in [5.41, 5.74) is 1.02. The van der Waals surface area contributed by atoms with Crippen molar-refractivity contribution in [2.75, 3.05) is 26.0 Å². The van der Waals surface area contributed by atoms with Crippen LogP contribution in [0.5, 0.6) is 11.5 Å². The maximum absolute atomic E-state index is 12.3. The Morgan fingerprint density at radius 2 is 2.09 bits per heavy atom. The number of aliphatic hydroxyl groups excluding tert-OH is 1. The summed E-state index contributed by atoms with van der Waals surface area (Å²) in [5, 5.41) is 19.8. The van der Waals surface area contributed by atoms with Crippen LogP contribution >= 0.6 is 11.8 Å². The van der Waals surface area contributed by atoms with Gasteiger partial charge in [0, 0.05) is 25.3 Å². The van der Waals surface area contributed by atoms with Gasteiger partial charge in [-0.1, -0.05) is 36.4 Å². The van der Waals surface area contributed by atoms with Crippen LogP contribution in [-0.4, -0.2) is 62.8 Å². The number of methoxy groups -OCH3 is 1. The number of nitrogens with zero attached hydrogens (tertiary/aromatic N) is 4. The van der Waals surface area contributed by atoms with Crippen molar-refractivity contribution in [3.8, 4) is 11.5 Å². The Morgan fingerprint density at radius 1 is 1.24 bits per heavy atom. The molecule has 1 unspecified atom stereocenters. The van der Waals surface area contributed by atoms with Gasteiger partial charge in [0.2, 0.25) is 5.91 Å². The van der Waals surface area contributed by atoms with Crippen molar-refractivity contribution < 1.29 is 19.4 Å². The monoisotopic (exact) mass is 474 g/mol. The van der Waals surface area contributed by atoms with E-state index in [1.807, 2.05) is 53.7 Å². The highest BCUT2D eigenvalue weighted by atomic mass is 32.2. The molecule has 1 aliphatic heterocycles. The molecule has 1 saturated heterocycles. The number of ether oxygens (including phenoxy) is 2. The molecule has 1 fully saturated rings. The topological polar surface area (TPSA) is 89.7 Å². The quantitative estimate of drug-likeness (QED) is 0.496. The van der Waals surface area contributed by atoms with E-state index in [1.54, 1.807) is 7.11 Å². The van der Waals surface area contributed by atoms with E-state index >= 15 is 0 Å². The minimum atomic E-state index is -0.687. The Hall–Kier alpha value is -2.52. The summed E-state index contributed by atoms with van der Waals surface area (Å²) < 4.78 is 13.2. The normalized spacial score (nSPS) is 15.6. The Bertz CT molecular complexity index is 947. The predicted molar refractivity (Wildman–Crippen MR) is 130 cm³/mol. The van der Waals surface area contributed by atoms with Gasteiger partial charge < -0.3 is 24.0 Å². The number of benzene rings is 1. The number of allylic oxidation sites excluding steroid dienone is 1. The summed E-state index contributed by atoms with van der Waals surface area (Å²) in [6.45, 7) is 6.09. The molecule has 0 bridgehead atoms. The fraction of sp³-hybridized carbons (Fsp3) is 0.542. The Morgan fingerprint density at radius 3 is 2.85 bits per heavy atom. The molecular formula is C24H34N4O4S. The van der Waals surface area contributed by atoms with Gasteiger partial charge in [0.25, 0.3) is 0 Å². The van der Waals surface area contributed by atoms with Crippen molar-refractivity contribution in [1.82, 2.24) is 19.7 Å². The highest BCUT2D eigenvalue weighted by molar-refractivity contribution is 7.99. The smallest absolute Gasteiger partial charge is 0.222 e. The molecule has 0 spiro atoms. The molecule has 0 aliphatic carbocycles. The van der Waals surface area contributed by atoms with Crippen LogP contribution in [0.2, 0.25) is 0 Å². The number of aromatic nitrogens is 3. The molecule has 1 aliphatic rings. The average molecular weight is 475 g/mol. The maximum atomic E-state index is 12.3. The van der Waals surface area contributed by atoms with E-state index < -0.39 is 6.10 Å². The van der Waals surface area contributed by atoms with Crippen molar-refractivity contribution in [1.29, 1.82) is 0 Å². The van der Waals surface area contributed by atoms with E-state index in [4.69, 9.17) is 9.47 Å². The first-order valence-corrected chi connectivity index (χ1v) is 12.5. The van der Waals surface area contributed by atoms with Crippen molar-refractivity contribution >= 4 is 23.7 Å². The lowest BCUT2D eigenvalue weighted by atomic mass is 10.2. The van der Waals surface area contributed by atoms with Crippen LogP contribution < -0.4 is 9.47 Å². The molecule has 3 rings (SSSR count). The van der Waals surface area contributed by atoms with Crippen LogP contribution in [0.3, 0.4) is 0 Å². The fourth-order valence-electron chi connectivity index (χ4n) is 3.74. The second-order valence-electron chi connectivity index (χ2n) is 7.96. The summed E-state index contributed by atoms with van der Waals surface area (Å²) in [6, 6.07) is 5.69. The van der Waals surface area contributed by atoms with Gasteiger partial charge in [-0.2, -0.15) is 0 Å². The van der Waals surface area contributed by atoms with E-state index in [9.17, 15) is 9.90 Å². The van der Waals surface area contributed by atoms with Gasteiger partial charge in [0.1, 0.15) is 6.61 Å². The Labute approximate surface area is 200 Å². The lowest BCUT2D eigenvalue weighted by Crippen LogP contribution is -2.31. The summed E-state index contributed by atoms with van der Waals surface area (Å²) in [4.78, 5) is 14.2. The number of carbonyl (C=O) groups is 1. The number of rotatable bonds is 11. The van der Waals surface area contributed by atoms with E-state index in [0.717, 1.165) is 42.4 Å². The van der Waals surface area contributed by atoms with Crippen LogP contribution in [0.25, 0.3) is 6.08 Å². The molecule has 1 amide bonds. The molecule has 2 aromatic rings. The van der Waals surface area contributed by atoms with E-state index in [2.05, 4.69) is 10.2 Å². The Balaban J connectivity index is 1.55. The molecular weight excluding hydrogens is 440 g/mol. The predicted octanol–water partition coefficient (Wildman–Crippen LogP) is 3.77. The van der Waals surface area contributed by atoms with Gasteiger partial charge in [-0.25, -0.2) is 0 Å². The largest absolute Gasteiger partial charge is 0.493 e. The van der Waals surface area contributed by atoms with E-state index in [0.29, 0.717) is 36.8 Å². The highest BCUT2D eigenvalue weighted by Gasteiger charge is 2.21. The van der Waals surface area contributed by atoms with Crippen LogP contribution in [0, 0.1) is 0 Å². The molecule has 1 N–H and O–H groups in total. The summed E-state index contributed by atoms with van der Waals surface area (Å²) in [5.74, 6) is 2.61. The second kappa shape index (κ2) is 12.6. The molecule has 2 heterocycles. The van der Waals surface area contributed by atoms with Crippen molar-refractivity contribution in [3.63, 3.8) is 0 Å². The molecule has 33 heavy (non-hydrogen) atoms. The third-order valence-electron chi connectivity index (χ3n) is 5.50. The zero-order chi connectivity index (χ0) is 23.6. The average Bonchev–Trinajstić information content (AvgIpc) is 3.10. The summed E-state index contributed by atoms with van der Waals surface area (Å²) in [7, 11) is 1.60. The number of hydrogen-bond donors (Lipinski definition) is 1. The van der Waals surface area contributed by atoms with Crippen molar-refractivity contribution in [3.05, 3.63) is 35.7 Å². The zero-order valence-corrected chi connectivity index (χ0v) is 20.5. The van der Waals surface area contributed by atoms with Crippen LogP contribution in [0.15, 0.2) is 29.4 Å². The van der Waals surface area contributed by atoms with Gasteiger partial charge in [-0.15, -0.1) is 10.2 Å². The summed E-state index contributed by atoms with van der Waals surface area (Å²) >= 11 is 1.44. The third-order valence-corrected chi connectivity index (χ3v) is 6.61. The van der Waals surface area contributed by atoms with Gasteiger partial charge in [0.15, 0.2) is 22.5 Å². The lowest BCUT2D eigenvalue weighted by molar-refractivity contribution is -0.131. The number of amides is 1. The third kappa shape index (κ3) is 6.98. The fourth-order valence-corrected chi connectivity index (χ4v) is 4.67. The minimum absolute atomic E-state index is 0.141. The number of thioether (sulfide) groups is 1. The molecule has 9 heteroatoms. The lowest BCUT2D eigenvalue weighted by Gasteiger charge is -2.20. The van der Waals surface area contributed by atoms with Crippen molar-refractivity contribution in [2.24, 2.45) is 0 Å². The number of likely N-dealkylation sites (tertiary alicyclic amines) is 1. The van der Waals surface area contributed by atoms with E-state index in [1.165, 1.54) is 11.8 Å². The molecule has 0 saturated carbocycles. The van der Waals surface area contributed by atoms with Gasteiger partial charge in [0.05, 0.1) is 19.8 Å². The zero-order valence-electron chi connectivity index (χ0n) is 19.7. The van der Waals surface area contributed by atoms with Gasteiger partial charge in [-0.05, 0) is 44.4 Å². The number of carbonyl (C=O) groups excluding carboxylic acids is 1. The first kappa shape index (κ1) is 25.1. The van der Waals surface area contributed by atoms with Crippen LogP contribution in [0.1, 0.15) is 50.9 Å². The first-order chi connectivity index (χ1) is 16.0. The maximum Gasteiger partial charge on any atom is 0.222 e. The molecule has 8 nitrogen and oxygen atoms in total. The number of hydrogen-bond acceptors (Lipinski definition) is 7. The highest BCUT2D eigenvalue weighted by Crippen LogP contribution is 2.29. The molecule has 1 aromatic carbocycles. The SMILES string of the molecule is C/C=C/c1ccc(OCC(O)CSc2nnc(CN3CCCCCC3=O)n2CC)c(OC)c1. The second-order valence-corrected chi connectivity index (χ2v) is 8.94. The van der Waals surface area contributed by atoms with Crippen molar-refractivity contribution in [2.45, 2.75) is 63.9 Å². The minimum Gasteiger partial charge on any atom is -0.493 e. The molecule has 180 valence electrons. The number of aliphatic hydroxyl groups is 1. The van der Waals surface area contributed by atoms with Gasteiger partial charge in [-0.3, -0.25) is 4.79 Å². The van der Waals surface area contributed by atoms with Gasteiger partial charge >= 0.3 is 0 Å². The van der Waals surface area contributed by atoms with Crippen LogP contribution in [-0.2, 0) is 17.9 Å². The molecule has 0 radical (unpaired) electrons. The Kier molecular flexibility index (Phi) is 9.62. The standard InChI is InChI=1S/C24H34N4O4S/c1-4-9-18-11-12-20(21(14-18)31-3)32-16-19(29)17-33-24-26-25-22(28(24)5-2)15-27-13-8-6-7-10-23(27)30/h4,9,11-12,14,19,29H,5-8,10,13,15-17H2,1-3H3/b9-4+. The van der Waals surface area contributed by atoms with E-state index in [-0.39, 0.29) is 12.5 Å².